The van der Waals surface area contributed by atoms with Crippen molar-refractivity contribution in [1.82, 2.24) is 0 Å². The molecule has 0 N–H and O–H groups in total. The summed E-state index contributed by atoms with van der Waals surface area (Å²) in [4.78, 5) is 0. The highest BCUT2D eigenvalue weighted by molar-refractivity contribution is 7.91. The van der Waals surface area contributed by atoms with Crippen molar-refractivity contribution in [3.8, 4) is 11.5 Å². The highest BCUT2D eigenvalue weighted by Crippen LogP contribution is 2.45. The van der Waals surface area contributed by atoms with Crippen LogP contribution in [0.15, 0.2) is 206 Å². The molecule has 0 aromatic heterocycles. The van der Waals surface area contributed by atoms with Crippen molar-refractivity contribution >= 4 is 19.7 Å². The Labute approximate surface area is 601 Å². The molecule has 0 aliphatic rings. The highest BCUT2D eigenvalue weighted by atomic mass is 32.2. The summed E-state index contributed by atoms with van der Waals surface area (Å²) in [5.41, 5.74) is 11.9. The Bertz CT molecular complexity index is 3560. The van der Waals surface area contributed by atoms with Crippen molar-refractivity contribution < 1.29 is 45.3 Å². The van der Waals surface area contributed by atoms with E-state index in [2.05, 4.69) is 211 Å². The zero-order valence-corrected chi connectivity index (χ0v) is 63.8. The molecule has 8 unspecified atom stereocenters. The molecular weight excluding hydrogens is 1280 g/mol. The highest BCUT2D eigenvalue weighted by Gasteiger charge is 2.34. The van der Waals surface area contributed by atoms with Crippen LogP contribution in [0, 0.1) is 0 Å². The zero-order valence-electron chi connectivity index (χ0n) is 62.2. The molecule has 8 aromatic carbocycles. The summed E-state index contributed by atoms with van der Waals surface area (Å²) in [7, 11) is -7.46. The number of hydrogen-bond donors (Lipinski definition) is 0. The summed E-state index contributed by atoms with van der Waals surface area (Å²) in [6, 6.07) is 72.1. The minimum Gasteiger partial charge on any atom is -0.490 e. The lowest BCUT2D eigenvalue weighted by atomic mass is 9.81. The van der Waals surface area contributed by atoms with Gasteiger partial charge < -0.3 is 28.4 Å². The van der Waals surface area contributed by atoms with Crippen molar-refractivity contribution in [2.45, 2.75) is 207 Å². The van der Waals surface area contributed by atoms with Crippen LogP contribution >= 0.6 is 0 Å². The SMILES string of the molecule is CC(C)OCCC(C)(C)OC(COc1c(C(C)c2ccccc2)cc(C(C)c2ccccc2)cc1C(C)c1ccccc1)CS(=O)(=O)CCCCCCS(=O)(=O)CC(COc1c(C(C)c2ccccc2)cc(C(C)c2ccccc2)cc1C(C)c1ccccc1)OC(C)(C)CCOC(C)C. The molecule has 0 saturated heterocycles. The van der Waals surface area contributed by atoms with Crippen LogP contribution in [0.3, 0.4) is 0 Å². The van der Waals surface area contributed by atoms with Crippen LogP contribution in [0.5, 0.6) is 11.5 Å². The van der Waals surface area contributed by atoms with E-state index in [9.17, 15) is 16.8 Å². The standard InChI is InChI=1S/C88H114O10S2/c1-63(2)93-51-49-87(11,12)97-79(59-95-85-81(67(7)73-41-27-19-28-42-73)55-77(65(5)71-37-23-17-24-38-71)56-82(85)68(8)74-43-29-20-30-44-74)61-99(89,90)53-35-15-16-36-54-100(91,92)62-80(98-88(13,14)50-52-94-64(3)4)60-96-86-83(69(9)75-45-31-21-32-46-75)57-78(66(6)72-39-25-18-26-40-72)58-84(86)70(10)76-47-33-22-34-48-76/h17-34,37-48,55-58,63-70,79-80H,15-16,35-36,49-54,59-62H2,1-14H3. The van der Waals surface area contributed by atoms with Crippen molar-refractivity contribution in [1.29, 1.82) is 0 Å². The van der Waals surface area contributed by atoms with Crippen LogP contribution in [-0.4, -0.2) is 102 Å². The number of benzene rings is 8. The molecule has 0 amide bonds. The minimum atomic E-state index is -3.73. The first-order chi connectivity index (χ1) is 47.7. The zero-order chi connectivity index (χ0) is 72.0. The van der Waals surface area contributed by atoms with E-state index in [0.717, 1.165) is 67.1 Å². The van der Waals surface area contributed by atoms with Gasteiger partial charge in [0.05, 0.1) is 46.4 Å². The smallest absolute Gasteiger partial charge is 0.152 e. The van der Waals surface area contributed by atoms with Gasteiger partial charge in [-0.25, -0.2) is 16.8 Å². The maximum absolute atomic E-state index is 14.6. The molecule has 0 aliphatic carbocycles. The summed E-state index contributed by atoms with van der Waals surface area (Å²) >= 11 is 0. The predicted octanol–water partition coefficient (Wildman–Crippen LogP) is 20.4. The Kier molecular flexibility index (Phi) is 29.4. The molecule has 0 spiro atoms. The van der Waals surface area contributed by atoms with E-state index in [1.165, 1.54) is 11.1 Å². The second-order valence-corrected chi connectivity index (χ2v) is 33.9. The molecule has 0 saturated carbocycles. The summed E-state index contributed by atoms with van der Waals surface area (Å²) in [5, 5.41) is 0. The maximum atomic E-state index is 14.6. The van der Waals surface area contributed by atoms with Gasteiger partial charge in [-0.2, -0.15) is 0 Å². The third kappa shape index (κ3) is 23.8. The fraction of sp³-hybridized carbons (Fsp3) is 0.455. The molecule has 0 radical (unpaired) electrons. The van der Waals surface area contributed by atoms with Crippen LogP contribution in [-0.2, 0) is 38.6 Å². The second kappa shape index (κ2) is 37.3. The topological polar surface area (TPSA) is 124 Å². The Hall–Kier alpha value is -6.90. The molecule has 10 nitrogen and oxygen atoms in total. The first-order valence-corrected chi connectivity index (χ1v) is 40.2. The normalized spacial score (nSPS) is 14.8. The van der Waals surface area contributed by atoms with Crippen molar-refractivity contribution in [2.24, 2.45) is 0 Å². The van der Waals surface area contributed by atoms with E-state index in [0.29, 0.717) is 51.7 Å². The van der Waals surface area contributed by atoms with Gasteiger partial charge in [0, 0.05) is 71.0 Å². The van der Waals surface area contributed by atoms with E-state index < -0.39 is 43.1 Å². The molecule has 0 fully saturated rings. The monoisotopic (exact) mass is 1390 g/mol. The molecule has 12 heteroatoms. The van der Waals surface area contributed by atoms with Crippen molar-refractivity contribution in [3.63, 3.8) is 0 Å². The van der Waals surface area contributed by atoms with Gasteiger partial charge in [-0.15, -0.1) is 0 Å². The number of rotatable bonds is 41. The number of hydrogen-bond acceptors (Lipinski definition) is 10. The molecule has 8 atom stereocenters. The molecule has 100 heavy (non-hydrogen) atoms. The van der Waals surface area contributed by atoms with Gasteiger partial charge in [0.2, 0.25) is 0 Å². The number of sulfone groups is 2. The van der Waals surface area contributed by atoms with Gasteiger partial charge in [0.25, 0.3) is 0 Å². The third-order valence-electron chi connectivity index (χ3n) is 19.7. The van der Waals surface area contributed by atoms with Gasteiger partial charge in [-0.1, -0.05) is 261 Å². The van der Waals surface area contributed by atoms with Gasteiger partial charge in [-0.3, -0.25) is 0 Å². The Balaban J connectivity index is 1.01. The average molecular weight is 1400 g/mol. The lowest BCUT2D eigenvalue weighted by Crippen LogP contribution is -2.40. The Morgan fingerprint density at radius 2 is 0.560 bits per heavy atom. The van der Waals surface area contributed by atoms with Crippen molar-refractivity contribution in [3.05, 3.63) is 273 Å². The first-order valence-electron chi connectivity index (χ1n) is 36.6. The Morgan fingerprint density at radius 1 is 0.320 bits per heavy atom. The van der Waals surface area contributed by atoms with Gasteiger partial charge in [0.15, 0.2) is 19.7 Å². The molecule has 8 rings (SSSR count). The lowest BCUT2D eigenvalue weighted by molar-refractivity contribution is -0.0937. The largest absolute Gasteiger partial charge is 0.490 e. The predicted molar refractivity (Wildman–Crippen MR) is 413 cm³/mol. The third-order valence-corrected chi connectivity index (χ3v) is 23.2. The van der Waals surface area contributed by atoms with Crippen LogP contribution in [0.2, 0.25) is 0 Å². The molecule has 538 valence electrons. The lowest BCUT2D eigenvalue weighted by Gasteiger charge is -2.32. The molecule has 0 aliphatic heterocycles. The van der Waals surface area contributed by atoms with E-state index in [-0.39, 0.29) is 83.9 Å². The van der Waals surface area contributed by atoms with E-state index >= 15 is 0 Å². The summed E-state index contributed by atoms with van der Waals surface area (Å²) in [6.45, 7) is 30.2. The molecule has 8 aromatic rings. The van der Waals surface area contributed by atoms with Crippen LogP contribution in [0.1, 0.15) is 238 Å². The maximum Gasteiger partial charge on any atom is 0.152 e. The minimum absolute atomic E-state index is 0.0108. The number of ether oxygens (including phenoxy) is 6. The molecule has 0 heterocycles. The first kappa shape index (κ1) is 78.8. The van der Waals surface area contributed by atoms with Crippen LogP contribution in [0.25, 0.3) is 0 Å². The van der Waals surface area contributed by atoms with E-state index in [1.807, 2.05) is 91.8 Å². The second-order valence-electron chi connectivity index (χ2n) is 29.5. The quantitative estimate of drug-likeness (QED) is 0.0342. The van der Waals surface area contributed by atoms with Crippen molar-refractivity contribution in [2.75, 3.05) is 49.4 Å². The number of unbranched alkanes of at least 4 members (excludes halogenated alkanes) is 3. The Morgan fingerprint density at radius 3 is 0.800 bits per heavy atom. The van der Waals surface area contributed by atoms with E-state index in [1.54, 1.807) is 0 Å². The summed E-state index contributed by atoms with van der Waals surface area (Å²) in [5.74, 6) is 0.626. The average Bonchev–Trinajstić information content (AvgIpc) is 0.780. The summed E-state index contributed by atoms with van der Waals surface area (Å²) in [6.07, 6.45) is 1.25. The van der Waals surface area contributed by atoms with Gasteiger partial charge >= 0.3 is 0 Å². The van der Waals surface area contributed by atoms with E-state index in [4.69, 9.17) is 28.4 Å². The fourth-order valence-corrected chi connectivity index (χ4v) is 16.6. The van der Waals surface area contributed by atoms with Crippen LogP contribution < -0.4 is 9.47 Å². The fourth-order valence-electron chi connectivity index (χ4n) is 13.5. The molecular formula is C88H114O10S2. The summed E-state index contributed by atoms with van der Waals surface area (Å²) < 4.78 is 98.5. The van der Waals surface area contributed by atoms with Crippen LogP contribution in [0.4, 0.5) is 0 Å². The van der Waals surface area contributed by atoms with Gasteiger partial charge in [0.1, 0.15) is 36.9 Å². The van der Waals surface area contributed by atoms with Gasteiger partial charge in [-0.05, 0) is 126 Å². The molecule has 0 bridgehead atoms.